The molecule has 3 aromatic rings. The van der Waals surface area contributed by atoms with Crippen molar-refractivity contribution in [2.75, 3.05) is 11.1 Å². The summed E-state index contributed by atoms with van der Waals surface area (Å²) in [6, 6.07) is 8.44. The van der Waals surface area contributed by atoms with E-state index in [9.17, 15) is 10.1 Å². The molecule has 0 saturated carbocycles. The Kier molecular flexibility index (Phi) is 8.53. The van der Waals surface area contributed by atoms with Gasteiger partial charge in [-0.1, -0.05) is 56.7 Å². The number of amides is 1. The van der Waals surface area contributed by atoms with Crippen LogP contribution in [0.1, 0.15) is 79.6 Å². The molecule has 7 nitrogen and oxygen atoms in total. The summed E-state index contributed by atoms with van der Waals surface area (Å²) in [7, 11) is 1.88. The van der Waals surface area contributed by atoms with Gasteiger partial charge in [-0.2, -0.15) is 5.26 Å². The number of ether oxygens (including phenoxy) is 1. The minimum absolute atomic E-state index is 0.153. The lowest BCUT2D eigenvalue weighted by Gasteiger charge is -2.36. The Bertz CT molecular complexity index is 1370. The first-order valence-corrected chi connectivity index (χ1v) is 14.9. The zero-order valence-electron chi connectivity index (χ0n) is 23.3. The summed E-state index contributed by atoms with van der Waals surface area (Å²) in [5.74, 6) is 2.12. The summed E-state index contributed by atoms with van der Waals surface area (Å²) >= 11 is 2.89. The quantitative estimate of drug-likeness (QED) is 0.295. The van der Waals surface area contributed by atoms with Gasteiger partial charge in [0.05, 0.1) is 11.3 Å². The van der Waals surface area contributed by atoms with Crippen molar-refractivity contribution in [3.63, 3.8) is 0 Å². The van der Waals surface area contributed by atoms with Crippen molar-refractivity contribution >= 4 is 34.0 Å². The maximum atomic E-state index is 12.9. The molecule has 4 rings (SSSR count). The highest BCUT2D eigenvalue weighted by atomic mass is 32.2. The predicted molar refractivity (Wildman–Crippen MR) is 154 cm³/mol. The summed E-state index contributed by atoms with van der Waals surface area (Å²) in [6.45, 7) is 12.9. The van der Waals surface area contributed by atoms with E-state index in [0.717, 1.165) is 42.6 Å². The van der Waals surface area contributed by atoms with Crippen LogP contribution in [-0.4, -0.2) is 26.4 Å². The highest BCUT2D eigenvalue weighted by Crippen LogP contribution is 2.45. The molecular weight excluding hydrogens is 514 g/mol. The summed E-state index contributed by atoms with van der Waals surface area (Å²) < 4.78 is 8.01. The number of anilines is 1. The van der Waals surface area contributed by atoms with E-state index in [0.29, 0.717) is 27.5 Å². The fraction of sp³-hybridized carbons (Fsp3) is 0.517. The van der Waals surface area contributed by atoms with Crippen molar-refractivity contribution in [1.82, 2.24) is 14.8 Å². The van der Waals surface area contributed by atoms with E-state index in [1.807, 2.05) is 37.6 Å². The van der Waals surface area contributed by atoms with Gasteiger partial charge in [0, 0.05) is 11.9 Å². The van der Waals surface area contributed by atoms with Crippen molar-refractivity contribution in [2.24, 2.45) is 18.4 Å². The number of hydrogen-bond acceptors (Lipinski definition) is 7. The van der Waals surface area contributed by atoms with Gasteiger partial charge in [0.15, 0.2) is 17.1 Å². The molecule has 9 heteroatoms. The fourth-order valence-electron chi connectivity index (χ4n) is 5.02. The third-order valence-electron chi connectivity index (χ3n) is 7.85. The van der Waals surface area contributed by atoms with Crippen LogP contribution in [0.5, 0.6) is 5.75 Å². The zero-order valence-corrected chi connectivity index (χ0v) is 25.0. The second kappa shape index (κ2) is 11.5. The number of aryl methyl sites for hydroxylation is 2. The van der Waals surface area contributed by atoms with E-state index in [1.165, 1.54) is 22.2 Å². The minimum atomic E-state index is -0.297. The molecule has 2 atom stereocenters. The van der Waals surface area contributed by atoms with E-state index < -0.39 is 0 Å². The minimum Gasteiger partial charge on any atom is -0.482 e. The van der Waals surface area contributed by atoms with Crippen LogP contribution in [0, 0.1) is 36.5 Å². The van der Waals surface area contributed by atoms with Gasteiger partial charge in [0.1, 0.15) is 16.8 Å². The lowest BCUT2D eigenvalue weighted by molar-refractivity contribution is -0.113. The van der Waals surface area contributed by atoms with Gasteiger partial charge in [-0.3, -0.25) is 4.79 Å². The average Bonchev–Trinajstić information content (AvgIpc) is 3.42. The number of thiophene rings is 1. The van der Waals surface area contributed by atoms with E-state index in [2.05, 4.69) is 55.3 Å². The van der Waals surface area contributed by atoms with Gasteiger partial charge in [0.25, 0.3) is 0 Å². The first-order valence-electron chi connectivity index (χ1n) is 13.1. The monoisotopic (exact) mass is 551 g/mol. The molecule has 1 amide bonds. The van der Waals surface area contributed by atoms with Gasteiger partial charge in [-0.25, -0.2) is 0 Å². The number of aromatic nitrogens is 3. The smallest absolute Gasteiger partial charge is 0.235 e. The van der Waals surface area contributed by atoms with Crippen molar-refractivity contribution in [3.8, 4) is 11.8 Å². The second-order valence-electron chi connectivity index (χ2n) is 10.9. The molecule has 1 aromatic carbocycles. The Morgan fingerprint density at radius 1 is 1.37 bits per heavy atom. The Balaban J connectivity index is 1.39. The standard InChI is InChI=1S/C29H37N5O2S2/c1-8-29(5,6)20-10-11-21-22(15-30)27(38-24(21)14-20)31-25(35)16-37-28-33-32-26(34(28)7)19(4)36-23-12-9-17(2)13-18(23)3/h9,12-13,19-20H,8,10-11,14,16H2,1-7H3,(H,31,35). The third-order valence-corrected chi connectivity index (χ3v) is 10.0. The normalized spacial score (nSPS) is 16.0. The molecule has 0 spiro atoms. The fourth-order valence-corrected chi connectivity index (χ4v) is 7.03. The number of rotatable bonds is 9. The summed E-state index contributed by atoms with van der Waals surface area (Å²) in [4.78, 5) is 14.1. The Morgan fingerprint density at radius 2 is 2.13 bits per heavy atom. The van der Waals surface area contributed by atoms with Crippen LogP contribution < -0.4 is 10.1 Å². The van der Waals surface area contributed by atoms with Gasteiger partial charge in [-0.15, -0.1) is 21.5 Å². The van der Waals surface area contributed by atoms with Crippen LogP contribution in [0.4, 0.5) is 5.00 Å². The average molecular weight is 552 g/mol. The molecule has 1 aliphatic rings. The maximum absolute atomic E-state index is 12.9. The van der Waals surface area contributed by atoms with Crippen LogP contribution >= 0.6 is 23.1 Å². The first kappa shape index (κ1) is 28.2. The van der Waals surface area contributed by atoms with Crippen molar-refractivity contribution in [2.45, 2.75) is 78.5 Å². The number of nitrogens with one attached hydrogen (secondary N) is 1. The first-order chi connectivity index (χ1) is 18.0. The molecule has 0 radical (unpaired) electrons. The van der Waals surface area contributed by atoms with Crippen molar-refractivity contribution in [1.29, 1.82) is 5.26 Å². The van der Waals surface area contributed by atoms with Crippen molar-refractivity contribution in [3.05, 3.63) is 51.2 Å². The van der Waals surface area contributed by atoms with E-state index >= 15 is 0 Å². The molecule has 0 saturated heterocycles. The number of nitrogens with zero attached hydrogens (tertiary/aromatic N) is 4. The number of carbonyl (C=O) groups is 1. The van der Waals surface area contributed by atoms with Crippen LogP contribution in [0.15, 0.2) is 23.4 Å². The third kappa shape index (κ3) is 5.92. The lowest BCUT2D eigenvalue weighted by Crippen LogP contribution is -2.28. The van der Waals surface area contributed by atoms with E-state index in [4.69, 9.17) is 4.74 Å². The number of fused-ring (bicyclic) bond motifs is 1. The molecule has 1 N–H and O–H groups in total. The molecule has 0 bridgehead atoms. The molecule has 2 unspecified atom stereocenters. The number of thioether (sulfide) groups is 1. The Labute approximate surface area is 234 Å². The number of hydrogen-bond donors (Lipinski definition) is 1. The Morgan fingerprint density at radius 3 is 2.82 bits per heavy atom. The predicted octanol–water partition coefficient (Wildman–Crippen LogP) is 6.78. The number of benzene rings is 1. The van der Waals surface area contributed by atoms with E-state index in [-0.39, 0.29) is 23.2 Å². The van der Waals surface area contributed by atoms with Gasteiger partial charge >= 0.3 is 0 Å². The topological polar surface area (TPSA) is 92.8 Å². The molecule has 1 aliphatic carbocycles. The molecule has 2 aromatic heterocycles. The summed E-state index contributed by atoms with van der Waals surface area (Å²) in [5.41, 5.74) is 4.29. The van der Waals surface area contributed by atoms with Crippen LogP contribution in [0.25, 0.3) is 0 Å². The van der Waals surface area contributed by atoms with E-state index in [1.54, 1.807) is 11.3 Å². The molecule has 202 valence electrons. The maximum Gasteiger partial charge on any atom is 0.235 e. The molecule has 38 heavy (non-hydrogen) atoms. The largest absolute Gasteiger partial charge is 0.482 e. The summed E-state index contributed by atoms with van der Waals surface area (Å²) in [5, 5.41) is 22.8. The molecule has 0 fully saturated rings. The molecule has 0 aliphatic heterocycles. The van der Waals surface area contributed by atoms with Crippen LogP contribution in [0.2, 0.25) is 0 Å². The highest BCUT2D eigenvalue weighted by molar-refractivity contribution is 7.99. The highest BCUT2D eigenvalue weighted by Gasteiger charge is 2.34. The zero-order chi connectivity index (χ0) is 27.6. The van der Waals surface area contributed by atoms with Crippen LogP contribution in [-0.2, 0) is 24.7 Å². The van der Waals surface area contributed by atoms with Gasteiger partial charge in [-0.05, 0) is 68.6 Å². The van der Waals surface area contributed by atoms with Crippen molar-refractivity contribution < 1.29 is 9.53 Å². The second-order valence-corrected chi connectivity index (χ2v) is 12.9. The molecular formula is C29H37N5O2S2. The van der Waals surface area contributed by atoms with Crippen LogP contribution in [0.3, 0.4) is 0 Å². The number of nitriles is 1. The lowest BCUT2D eigenvalue weighted by atomic mass is 9.69. The molecule has 2 heterocycles. The van der Waals surface area contributed by atoms with Gasteiger partial charge < -0.3 is 14.6 Å². The number of carbonyl (C=O) groups excluding carboxylic acids is 1. The van der Waals surface area contributed by atoms with Gasteiger partial charge in [0.2, 0.25) is 5.91 Å². The summed E-state index contributed by atoms with van der Waals surface area (Å²) in [6.07, 6.45) is 3.80. The Hall–Kier alpha value is -2.83. The SMILES string of the molecule is CCC(C)(C)C1CCc2c(sc(NC(=O)CSc3nnc(C(C)Oc4ccc(C)cc4C)n3C)c2C#N)C1.